The first kappa shape index (κ1) is 29.9. The second-order valence-electron chi connectivity index (χ2n) is 12.3. The fourth-order valence-electron chi connectivity index (χ4n) is 4.68. The first-order chi connectivity index (χ1) is 19.3. The van der Waals surface area contributed by atoms with E-state index in [0.717, 1.165) is 31.2 Å². The van der Waals surface area contributed by atoms with E-state index in [4.69, 9.17) is 0 Å². The van der Waals surface area contributed by atoms with E-state index in [2.05, 4.69) is 32.1 Å². The third kappa shape index (κ3) is 7.19. The maximum atomic E-state index is 14.4. The molecule has 1 atom stereocenters. The molecule has 10 nitrogen and oxygen atoms in total. The molecule has 1 unspecified atom stereocenters. The maximum Gasteiger partial charge on any atom is 0.255 e. The highest BCUT2D eigenvalue weighted by Crippen LogP contribution is 2.29. The quantitative estimate of drug-likeness (QED) is 0.324. The molecule has 11 heteroatoms. The van der Waals surface area contributed by atoms with Gasteiger partial charge in [0, 0.05) is 23.7 Å². The molecule has 1 saturated carbocycles. The zero-order valence-corrected chi connectivity index (χ0v) is 24.2. The van der Waals surface area contributed by atoms with Crippen LogP contribution in [0.4, 0.5) is 10.1 Å². The summed E-state index contributed by atoms with van der Waals surface area (Å²) in [5.74, 6) is -0.486. The molecule has 0 spiro atoms. The van der Waals surface area contributed by atoms with Crippen LogP contribution < -0.4 is 16.0 Å². The van der Waals surface area contributed by atoms with Crippen molar-refractivity contribution >= 4 is 23.0 Å². The van der Waals surface area contributed by atoms with E-state index >= 15 is 0 Å². The number of nitrogens with one attached hydrogen (secondary N) is 3. The number of fused-ring (bicyclic) bond motifs is 1. The van der Waals surface area contributed by atoms with Crippen molar-refractivity contribution in [1.29, 1.82) is 5.26 Å². The summed E-state index contributed by atoms with van der Waals surface area (Å²) >= 11 is 0. The number of halogens is 1. The molecule has 1 aliphatic carbocycles. The molecule has 3 aromatic rings. The van der Waals surface area contributed by atoms with E-state index in [9.17, 15) is 24.3 Å². The van der Waals surface area contributed by atoms with Crippen LogP contribution in [0, 0.1) is 16.7 Å². The smallest absolute Gasteiger partial charge is 0.255 e. The zero-order valence-electron chi connectivity index (χ0n) is 24.2. The Morgan fingerprint density at radius 1 is 1.12 bits per heavy atom. The van der Waals surface area contributed by atoms with Crippen molar-refractivity contribution < 1.29 is 19.1 Å². The molecule has 4 rings (SSSR count). The molecule has 4 N–H and O–H groups in total. The van der Waals surface area contributed by atoms with Crippen LogP contribution in [0.3, 0.4) is 0 Å². The van der Waals surface area contributed by atoms with E-state index in [0.29, 0.717) is 22.6 Å². The van der Waals surface area contributed by atoms with Gasteiger partial charge in [0.15, 0.2) is 0 Å². The van der Waals surface area contributed by atoms with Gasteiger partial charge in [-0.15, -0.1) is 0 Å². The number of pyridine rings is 1. The second-order valence-corrected chi connectivity index (χ2v) is 12.3. The number of nitriles is 1. The first-order valence-electron chi connectivity index (χ1n) is 13.9. The average Bonchev–Trinajstić information content (AvgIpc) is 3.34. The number of carbonyl (C=O) groups is 2. The lowest BCUT2D eigenvalue weighted by molar-refractivity contribution is -0.129. The predicted molar refractivity (Wildman–Crippen MR) is 154 cm³/mol. The number of hydrogen-bond donors (Lipinski definition) is 4. The molecule has 1 aliphatic rings. The predicted octanol–water partition coefficient (Wildman–Crippen LogP) is 3.99. The maximum absolute atomic E-state index is 14.4. The van der Waals surface area contributed by atoms with Crippen LogP contribution in [-0.4, -0.2) is 61.9 Å². The molecule has 0 radical (unpaired) electrons. The van der Waals surface area contributed by atoms with Gasteiger partial charge in [0.25, 0.3) is 5.91 Å². The summed E-state index contributed by atoms with van der Waals surface area (Å²) in [6.07, 6.45) is 4.43. The number of aromatic nitrogens is 3. The molecule has 218 valence electrons. The number of anilines is 1. The molecule has 1 fully saturated rings. The number of amides is 2. The summed E-state index contributed by atoms with van der Waals surface area (Å²) in [5, 5.41) is 32.7. The molecule has 3 heterocycles. The zero-order chi connectivity index (χ0) is 29.9. The van der Waals surface area contributed by atoms with Crippen molar-refractivity contribution in [3.05, 3.63) is 47.8 Å². The molecule has 0 saturated heterocycles. The van der Waals surface area contributed by atoms with E-state index in [-0.39, 0.29) is 30.1 Å². The minimum absolute atomic E-state index is 0.0267. The third-order valence-corrected chi connectivity index (χ3v) is 7.35. The van der Waals surface area contributed by atoms with Crippen LogP contribution in [0.2, 0.25) is 0 Å². The number of aliphatic hydroxyl groups is 1. The van der Waals surface area contributed by atoms with Gasteiger partial charge in [0.1, 0.15) is 12.2 Å². The number of alkyl halides is 1. The van der Waals surface area contributed by atoms with Crippen molar-refractivity contribution in [2.45, 2.75) is 84.2 Å². The van der Waals surface area contributed by atoms with Crippen molar-refractivity contribution in [2.75, 3.05) is 11.9 Å². The minimum Gasteiger partial charge on any atom is -0.387 e. The summed E-state index contributed by atoms with van der Waals surface area (Å²) < 4.78 is 16.0. The average molecular weight is 564 g/mol. The Morgan fingerprint density at radius 2 is 1.80 bits per heavy atom. The van der Waals surface area contributed by atoms with E-state index in [1.54, 1.807) is 16.6 Å². The lowest BCUT2D eigenvalue weighted by Crippen LogP contribution is -2.44. The van der Waals surface area contributed by atoms with Gasteiger partial charge in [-0.1, -0.05) is 20.8 Å². The van der Waals surface area contributed by atoms with Gasteiger partial charge >= 0.3 is 0 Å². The van der Waals surface area contributed by atoms with E-state index < -0.39 is 23.1 Å². The summed E-state index contributed by atoms with van der Waals surface area (Å²) in [5.41, 5.74) is 1.15. The Bertz CT molecular complexity index is 1460. The van der Waals surface area contributed by atoms with Crippen LogP contribution in [0.1, 0.15) is 76.2 Å². The SMILES string of the molecule is CC(C)(C)C(=O)NC1CCC(Nc2cc(-c3ccc4cc(C#N)cnn34)ncc2C(=O)NCC(F)C(C)(C)O)CC1. The second kappa shape index (κ2) is 11.8. The van der Waals surface area contributed by atoms with Crippen LogP contribution in [-0.2, 0) is 4.79 Å². The lowest BCUT2D eigenvalue weighted by Gasteiger charge is -2.32. The van der Waals surface area contributed by atoms with Crippen molar-refractivity contribution in [1.82, 2.24) is 25.2 Å². The van der Waals surface area contributed by atoms with Gasteiger partial charge in [-0.05, 0) is 63.8 Å². The standard InChI is InChI=1S/C30H38FN7O3/c1-29(2,3)28(40)37-20-8-6-19(7-9-20)36-23-13-24(25-11-10-21-12-18(14-32)15-35-38(21)25)33-16-22(23)27(39)34-17-26(31)30(4,5)41/h10-13,15-16,19-20,26,41H,6-9,17H2,1-5H3,(H,33,36)(H,34,39)(H,37,40). The lowest BCUT2D eigenvalue weighted by atomic mass is 9.89. The largest absolute Gasteiger partial charge is 0.387 e. The molecular weight excluding hydrogens is 525 g/mol. The molecule has 0 bridgehead atoms. The summed E-state index contributed by atoms with van der Waals surface area (Å²) in [7, 11) is 0. The van der Waals surface area contributed by atoms with E-state index in [1.165, 1.54) is 26.2 Å². The highest BCUT2D eigenvalue weighted by Gasteiger charge is 2.29. The number of nitrogens with zero attached hydrogens (tertiary/aromatic N) is 4. The van der Waals surface area contributed by atoms with Gasteiger partial charge < -0.3 is 21.1 Å². The summed E-state index contributed by atoms with van der Waals surface area (Å²) in [6.45, 7) is 8.02. The monoisotopic (exact) mass is 563 g/mol. The molecule has 2 amide bonds. The van der Waals surface area contributed by atoms with Crippen LogP contribution in [0.15, 0.2) is 36.7 Å². The Morgan fingerprint density at radius 3 is 2.44 bits per heavy atom. The topological polar surface area (TPSA) is 144 Å². The molecule has 41 heavy (non-hydrogen) atoms. The first-order valence-corrected chi connectivity index (χ1v) is 13.9. The molecule has 0 aromatic carbocycles. The fourth-order valence-corrected chi connectivity index (χ4v) is 4.68. The number of rotatable bonds is 8. The fraction of sp³-hybridized carbons (Fsp3) is 0.500. The summed E-state index contributed by atoms with van der Waals surface area (Å²) in [6, 6.07) is 9.40. The number of hydrogen-bond acceptors (Lipinski definition) is 7. The molecule has 0 aliphatic heterocycles. The van der Waals surface area contributed by atoms with Gasteiger partial charge in [0.05, 0.1) is 52.1 Å². The van der Waals surface area contributed by atoms with Gasteiger partial charge in [-0.2, -0.15) is 10.4 Å². The van der Waals surface area contributed by atoms with Crippen molar-refractivity contribution in [3.8, 4) is 17.5 Å². The Balaban J connectivity index is 1.57. The normalized spacial score (nSPS) is 18.4. The van der Waals surface area contributed by atoms with Crippen LogP contribution in [0.5, 0.6) is 0 Å². The Labute approximate surface area is 239 Å². The van der Waals surface area contributed by atoms with Gasteiger partial charge in [-0.25, -0.2) is 8.91 Å². The van der Waals surface area contributed by atoms with Gasteiger partial charge in [0.2, 0.25) is 5.91 Å². The summed E-state index contributed by atoms with van der Waals surface area (Å²) in [4.78, 5) is 30.1. The third-order valence-electron chi connectivity index (χ3n) is 7.35. The van der Waals surface area contributed by atoms with Crippen molar-refractivity contribution in [3.63, 3.8) is 0 Å². The van der Waals surface area contributed by atoms with Crippen molar-refractivity contribution in [2.24, 2.45) is 5.41 Å². The van der Waals surface area contributed by atoms with Crippen LogP contribution in [0.25, 0.3) is 16.9 Å². The Kier molecular flexibility index (Phi) is 8.63. The highest BCUT2D eigenvalue weighted by molar-refractivity contribution is 6.00. The van der Waals surface area contributed by atoms with Crippen LogP contribution >= 0.6 is 0 Å². The van der Waals surface area contributed by atoms with Gasteiger partial charge in [-0.3, -0.25) is 14.6 Å². The molecular formula is C30H38FN7O3. The Hall–Kier alpha value is -4.04. The molecule has 3 aromatic heterocycles. The minimum atomic E-state index is -1.65. The van der Waals surface area contributed by atoms with E-state index in [1.807, 2.05) is 32.9 Å². The number of carbonyl (C=O) groups excluding carboxylic acids is 2. The highest BCUT2D eigenvalue weighted by atomic mass is 19.1.